The zero-order chi connectivity index (χ0) is 24.5. The van der Waals surface area contributed by atoms with E-state index in [4.69, 9.17) is 14.2 Å². The zero-order valence-electron chi connectivity index (χ0n) is 18.7. The Morgan fingerprint density at radius 3 is 2.32 bits per heavy atom. The van der Waals surface area contributed by atoms with Crippen molar-refractivity contribution in [3.8, 4) is 17.2 Å². The van der Waals surface area contributed by atoms with E-state index >= 15 is 0 Å². The molecule has 0 saturated heterocycles. The fourth-order valence-electron chi connectivity index (χ4n) is 3.14. The maximum Gasteiger partial charge on any atom is 0.412 e. The van der Waals surface area contributed by atoms with Crippen LogP contribution in [0.2, 0.25) is 0 Å². The molecule has 0 spiro atoms. The highest BCUT2D eigenvalue weighted by Crippen LogP contribution is 2.33. The lowest BCUT2D eigenvalue weighted by molar-refractivity contribution is -0.131. The summed E-state index contributed by atoms with van der Waals surface area (Å²) < 4.78 is 16.8. The van der Waals surface area contributed by atoms with Gasteiger partial charge in [-0.1, -0.05) is 42.0 Å². The van der Waals surface area contributed by atoms with Gasteiger partial charge in [-0.3, -0.25) is 5.32 Å². The van der Waals surface area contributed by atoms with E-state index in [2.05, 4.69) is 5.32 Å². The smallest absolute Gasteiger partial charge is 0.412 e. The van der Waals surface area contributed by atoms with E-state index in [9.17, 15) is 19.8 Å². The van der Waals surface area contributed by atoms with Gasteiger partial charge in [-0.25, -0.2) is 9.59 Å². The monoisotopic (exact) mass is 463 g/mol. The summed E-state index contributed by atoms with van der Waals surface area (Å²) in [6.45, 7) is 1.93. The first kappa shape index (κ1) is 24.2. The number of benzene rings is 3. The van der Waals surface area contributed by atoms with Crippen LogP contribution in [0.25, 0.3) is 0 Å². The van der Waals surface area contributed by atoms with Gasteiger partial charge in [0.2, 0.25) is 0 Å². The first-order chi connectivity index (χ1) is 16.4. The standard InChI is InChI=1S/C26H25NO7/c1-17-8-11-19(12-9-17)27-26(31)34-25(18-10-13-22(32-2)21(28)16-18)23(14-15-24(29)30)33-20-6-4-3-5-7-20/h3-16,23,25,28H,1-2H3,(H,27,31)(H,29,30)/b15-14+/t23-,25-/m1/s1. The van der Waals surface area contributed by atoms with Gasteiger partial charge in [-0.05, 0) is 49.4 Å². The third kappa shape index (κ3) is 6.77. The predicted molar refractivity (Wildman–Crippen MR) is 126 cm³/mol. The summed E-state index contributed by atoms with van der Waals surface area (Å²) in [4.78, 5) is 24.0. The second-order valence-corrected chi connectivity index (χ2v) is 7.34. The molecule has 0 radical (unpaired) electrons. The Kier molecular flexibility index (Phi) is 8.12. The van der Waals surface area contributed by atoms with Crippen LogP contribution in [0.15, 0.2) is 84.9 Å². The van der Waals surface area contributed by atoms with Crippen molar-refractivity contribution in [1.82, 2.24) is 0 Å². The molecule has 0 bridgehead atoms. The molecular weight excluding hydrogens is 438 g/mol. The van der Waals surface area contributed by atoms with Crippen molar-refractivity contribution < 1.29 is 34.0 Å². The topological polar surface area (TPSA) is 114 Å². The number of amides is 1. The summed E-state index contributed by atoms with van der Waals surface area (Å²) in [5.74, 6) is -0.698. The molecule has 34 heavy (non-hydrogen) atoms. The van der Waals surface area contributed by atoms with Crippen LogP contribution in [-0.2, 0) is 9.53 Å². The van der Waals surface area contributed by atoms with Crippen molar-refractivity contribution in [2.75, 3.05) is 12.4 Å². The molecule has 0 aliphatic heterocycles. The molecule has 0 fully saturated rings. The van der Waals surface area contributed by atoms with Gasteiger partial charge in [0.1, 0.15) is 5.75 Å². The van der Waals surface area contributed by atoms with Gasteiger partial charge in [-0.15, -0.1) is 0 Å². The molecule has 0 aliphatic rings. The molecule has 176 valence electrons. The molecule has 0 heterocycles. The number of rotatable bonds is 9. The van der Waals surface area contributed by atoms with Crippen molar-refractivity contribution in [2.45, 2.75) is 19.1 Å². The van der Waals surface area contributed by atoms with Crippen LogP contribution in [-0.4, -0.2) is 35.5 Å². The predicted octanol–water partition coefficient (Wildman–Crippen LogP) is 5.09. The van der Waals surface area contributed by atoms with E-state index in [1.165, 1.54) is 25.3 Å². The number of carbonyl (C=O) groups excluding carboxylic acids is 1. The summed E-state index contributed by atoms with van der Waals surface area (Å²) >= 11 is 0. The number of hydrogen-bond acceptors (Lipinski definition) is 6. The number of aliphatic carboxylic acids is 1. The molecule has 3 rings (SSSR count). The molecular formula is C26H25NO7. The molecule has 2 atom stereocenters. The number of ether oxygens (including phenoxy) is 3. The van der Waals surface area contributed by atoms with E-state index in [0.29, 0.717) is 17.0 Å². The first-order valence-corrected chi connectivity index (χ1v) is 10.4. The Bertz CT molecular complexity index is 1140. The van der Waals surface area contributed by atoms with E-state index < -0.39 is 24.3 Å². The Hall–Kier alpha value is -4.46. The lowest BCUT2D eigenvalue weighted by Gasteiger charge is -2.26. The number of anilines is 1. The molecule has 3 N–H and O–H groups in total. The molecule has 0 unspecified atom stereocenters. The molecule has 1 amide bonds. The van der Waals surface area contributed by atoms with E-state index in [1.807, 2.05) is 19.1 Å². The van der Waals surface area contributed by atoms with Crippen molar-refractivity contribution in [1.29, 1.82) is 0 Å². The number of phenols is 1. The maximum atomic E-state index is 12.8. The second kappa shape index (κ2) is 11.4. The number of aryl methyl sites for hydroxylation is 1. The van der Waals surface area contributed by atoms with E-state index in [-0.39, 0.29) is 11.5 Å². The Labute approximate surface area is 197 Å². The molecule has 0 aromatic heterocycles. The van der Waals surface area contributed by atoms with Crippen LogP contribution in [0.1, 0.15) is 17.2 Å². The van der Waals surface area contributed by atoms with Crippen LogP contribution >= 0.6 is 0 Å². The van der Waals surface area contributed by atoms with Gasteiger partial charge < -0.3 is 24.4 Å². The highest BCUT2D eigenvalue weighted by Gasteiger charge is 2.29. The van der Waals surface area contributed by atoms with Gasteiger partial charge in [0.25, 0.3) is 0 Å². The number of carboxylic acid groups (broad SMARTS) is 1. The maximum absolute atomic E-state index is 12.8. The number of nitrogens with one attached hydrogen (secondary N) is 1. The normalized spacial score (nSPS) is 12.5. The second-order valence-electron chi connectivity index (χ2n) is 7.34. The number of carbonyl (C=O) groups is 2. The van der Waals surface area contributed by atoms with Gasteiger partial charge in [0.05, 0.1) is 7.11 Å². The summed E-state index contributed by atoms with van der Waals surface area (Å²) in [6, 6.07) is 20.3. The largest absolute Gasteiger partial charge is 0.504 e. The number of hydrogen-bond donors (Lipinski definition) is 3. The van der Waals surface area contributed by atoms with Crippen LogP contribution in [0.5, 0.6) is 17.2 Å². The van der Waals surface area contributed by atoms with Gasteiger partial charge >= 0.3 is 12.1 Å². The minimum atomic E-state index is -1.19. The van der Waals surface area contributed by atoms with Crippen LogP contribution in [0.4, 0.5) is 10.5 Å². The number of carboxylic acids is 1. The van der Waals surface area contributed by atoms with Gasteiger partial charge in [0, 0.05) is 17.3 Å². The molecule has 0 saturated carbocycles. The molecule has 3 aromatic carbocycles. The van der Waals surface area contributed by atoms with Crippen molar-refractivity contribution in [3.05, 3.63) is 96.1 Å². The number of phenolic OH excluding ortho intramolecular Hbond substituents is 1. The molecule has 8 nitrogen and oxygen atoms in total. The Balaban J connectivity index is 1.96. The molecule has 8 heteroatoms. The minimum Gasteiger partial charge on any atom is -0.504 e. The third-order valence-electron chi connectivity index (χ3n) is 4.81. The number of para-hydroxylation sites is 1. The summed E-state index contributed by atoms with van der Waals surface area (Å²) in [7, 11) is 1.41. The Morgan fingerprint density at radius 2 is 1.71 bits per heavy atom. The lowest BCUT2D eigenvalue weighted by atomic mass is 10.0. The number of aromatic hydroxyl groups is 1. The summed E-state index contributed by atoms with van der Waals surface area (Å²) in [5.41, 5.74) is 1.92. The Morgan fingerprint density at radius 1 is 1.00 bits per heavy atom. The average Bonchev–Trinajstić information content (AvgIpc) is 2.82. The molecule has 0 aliphatic carbocycles. The molecule has 3 aromatic rings. The van der Waals surface area contributed by atoms with Crippen LogP contribution in [0.3, 0.4) is 0 Å². The van der Waals surface area contributed by atoms with E-state index in [0.717, 1.165) is 11.6 Å². The first-order valence-electron chi connectivity index (χ1n) is 10.4. The van der Waals surface area contributed by atoms with Crippen LogP contribution < -0.4 is 14.8 Å². The highest BCUT2D eigenvalue weighted by atomic mass is 16.6. The quantitative estimate of drug-likeness (QED) is 0.379. The van der Waals surface area contributed by atoms with Crippen molar-refractivity contribution in [2.24, 2.45) is 0 Å². The van der Waals surface area contributed by atoms with Crippen LogP contribution in [0, 0.1) is 6.92 Å². The summed E-state index contributed by atoms with van der Waals surface area (Å²) in [5, 5.41) is 22.1. The highest BCUT2D eigenvalue weighted by molar-refractivity contribution is 5.85. The zero-order valence-corrected chi connectivity index (χ0v) is 18.7. The average molecular weight is 463 g/mol. The van der Waals surface area contributed by atoms with Gasteiger partial charge in [-0.2, -0.15) is 0 Å². The number of methoxy groups -OCH3 is 1. The van der Waals surface area contributed by atoms with Gasteiger partial charge in [0.15, 0.2) is 23.7 Å². The minimum absolute atomic E-state index is 0.173. The fourth-order valence-corrected chi connectivity index (χ4v) is 3.14. The van der Waals surface area contributed by atoms with E-state index in [1.54, 1.807) is 48.5 Å². The fraction of sp³-hybridized carbons (Fsp3) is 0.154. The third-order valence-corrected chi connectivity index (χ3v) is 4.81. The van der Waals surface area contributed by atoms with Crippen molar-refractivity contribution in [3.63, 3.8) is 0 Å². The lowest BCUT2D eigenvalue weighted by Crippen LogP contribution is -2.29. The van der Waals surface area contributed by atoms with Crippen molar-refractivity contribution >= 4 is 17.7 Å². The summed E-state index contributed by atoms with van der Waals surface area (Å²) in [6.07, 6.45) is -0.742. The SMILES string of the molecule is COc1ccc([C@@H](OC(=O)Nc2ccc(C)cc2)[C@@H](/C=C/C(=O)O)Oc2ccccc2)cc1O.